The van der Waals surface area contributed by atoms with Crippen molar-refractivity contribution < 1.29 is 9.50 Å². The van der Waals surface area contributed by atoms with Gasteiger partial charge in [0.05, 0.1) is 16.8 Å². The molecule has 0 fully saturated rings. The number of nitrogens with one attached hydrogen (secondary N) is 1. The lowest BCUT2D eigenvalue weighted by Crippen LogP contribution is -2.12. The second-order valence-corrected chi connectivity index (χ2v) is 7.78. The molecule has 0 unspecified atom stereocenters. The number of fused-ring (bicyclic) bond motifs is 1. The van der Waals surface area contributed by atoms with Crippen molar-refractivity contribution >= 4 is 10.9 Å². The van der Waals surface area contributed by atoms with E-state index >= 15 is 0 Å². The van der Waals surface area contributed by atoms with E-state index in [0.29, 0.717) is 5.52 Å². The van der Waals surface area contributed by atoms with Crippen molar-refractivity contribution in [1.82, 2.24) is 14.8 Å². The number of hydrogen-bond donors (Lipinski definition) is 2. The predicted molar refractivity (Wildman–Crippen MR) is 109 cm³/mol. The molecule has 5 heteroatoms. The van der Waals surface area contributed by atoms with Crippen LogP contribution >= 0.6 is 0 Å². The van der Waals surface area contributed by atoms with Gasteiger partial charge in [-0.05, 0) is 54.1 Å². The lowest BCUT2D eigenvalue weighted by atomic mass is 9.89. The molecule has 2 N–H and O–H groups in total. The molecule has 0 radical (unpaired) electrons. The summed E-state index contributed by atoms with van der Waals surface area (Å²) >= 11 is 0. The maximum Gasteiger partial charge on any atom is 0.222 e. The first-order valence-corrected chi connectivity index (χ1v) is 8.96. The molecule has 0 saturated heterocycles. The third-order valence-electron chi connectivity index (χ3n) is 4.78. The highest BCUT2D eigenvalue weighted by Gasteiger charge is 2.29. The molecular weight excluding hydrogens is 353 g/mol. The quantitative estimate of drug-likeness (QED) is 0.478. The number of halogens is 1. The van der Waals surface area contributed by atoms with Crippen LogP contribution in [0.25, 0.3) is 27.8 Å². The van der Waals surface area contributed by atoms with Gasteiger partial charge in [-0.1, -0.05) is 26.7 Å². The van der Waals surface area contributed by atoms with Gasteiger partial charge in [0.1, 0.15) is 11.3 Å². The normalized spacial score (nSPS) is 11.7. The summed E-state index contributed by atoms with van der Waals surface area (Å²) in [6, 6.07) is 13.6. The highest BCUT2D eigenvalue weighted by molar-refractivity contribution is 6.01. The van der Waals surface area contributed by atoms with Crippen molar-refractivity contribution in [2.24, 2.45) is 0 Å². The van der Waals surface area contributed by atoms with E-state index in [1.165, 1.54) is 12.1 Å². The molecule has 28 heavy (non-hydrogen) atoms. The zero-order valence-corrected chi connectivity index (χ0v) is 15.9. The number of aromatic nitrogens is 3. The van der Waals surface area contributed by atoms with Crippen molar-refractivity contribution in [2.75, 3.05) is 0 Å². The van der Waals surface area contributed by atoms with Crippen LogP contribution in [-0.4, -0.2) is 19.9 Å². The van der Waals surface area contributed by atoms with E-state index in [2.05, 4.69) is 36.9 Å². The smallest absolute Gasteiger partial charge is 0.222 e. The van der Waals surface area contributed by atoms with E-state index in [-0.39, 0.29) is 17.1 Å². The van der Waals surface area contributed by atoms with Crippen molar-refractivity contribution in [2.45, 2.75) is 26.2 Å². The Morgan fingerprint density at radius 3 is 2.29 bits per heavy atom. The number of H-pyrrole nitrogens is 1. The number of aromatic amines is 1. The van der Waals surface area contributed by atoms with Gasteiger partial charge in [0.25, 0.3) is 0 Å². The van der Waals surface area contributed by atoms with E-state index in [1.54, 1.807) is 16.7 Å². The molecule has 4 rings (SSSR count). The van der Waals surface area contributed by atoms with Gasteiger partial charge in [-0.25, -0.2) is 4.39 Å². The summed E-state index contributed by atoms with van der Waals surface area (Å²) in [5.74, 6) is 2.32. The lowest BCUT2D eigenvalue weighted by Gasteiger charge is -2.17. The molecule has 0 aliphatic carbocycles. The molecule has 140 valence electrons. The van der Waals surface area contributed by atoms with E-state index in [9.17, 15) is 9.50 Å². The molecule has 2 heterocycles. The number of terminal acetylenes is 1. The first kappa shape index (κ1) is 17.9. The molecule has 0 bridgehead atoms. The SMILES string of the molecule is C#Cc1ccc(-n2c(O)c3[nH]nc(C(C)(C)C)c3c2-c2ccc(F)cc2)cc1. The molecule has 0 saturated carbocycles. The van der Waals surface area contributed by atoms with Gasteiger partial charge in [0.15, 0.2) is 0 Å². The van der Waals surface area contributed by atoms with E-state index in [4.69, 9.17) is 6.42 Å². The van der Waals surface area contributed by atoms with Gasteiger partial charge in [0.2, 0.25) is 5.88 Å². The van der Waals surface area contributed by atoms with Crippen molar-refractivity contribution in [3.8, 4) is 35.2 Å². The molecule has 0 aliphatic rings. The largest absolute Gasteiger partial charge is 0.493 e. The zero-order valence-electron chi connectivity index (χ0n) is 15.9. The third kappa shape index (κ3) is 2.74. The monoisotopic (exact) mass is 373 g/mol. The topological polar surface area (TPSA) is 53.8 Å². The Balaban J connectivity index is 2.10. The average Bonchev–Trinajstić information content (AvgIpc) is 3.22. The zero-order chi connectivity index (χ0) is 20.1. The Morgan fingerprint density at radius 1 is 1.07 bits per heavy atom. The van der Waals surface area contributed by atoms with Crippen LogP contribution in [0.3, 0.4) is 0 Å². The minimum absolute atomic E-state index is 0.0470. The fourth-order valence-electron chi connectivity index (χ4n) is 3.45. The van der Waals surface area contributed by atoms with Gasteiger partial charge in [0, 0.05) is 16.7 Å². The van der Waals surface area contributed by atoms with Gasteiger partial charge < -0.3 is 5.11 Å². The second kappa shape index (κ2) is 6.28. The van der Waals surface area contributed by atoms with Gasteiger partial charge in [-0.15, -0.1) is 6.42 Å². The Bertz CT molecular complexity index is 1200. The lowest BCUT2D eigenvalue weighted by molar-refractivity contribution is 0.447. The van der Waals surface area contributed by atoms with Gasteiger partial charge in [-0.2, -0.15) is 5.10 Å². The minimum Gasteiger partial charge on any atom is -0.493 e. The summed E-state index contributed by atoms with van der Waals surface area (Å²) in [6.07, 6.45) is 5.46. The summed E-state index contributed by atoms with van der Waals surface area (Å²) in [5.41, 5.74) is 4.15. The molecular formula is C23H20FN3O. The van der Waals surface area contributed by atoms with Crippen LogP contribution in [-0.2, 0) is 5.41 Å². The van der Waals surface area contributed by atoms with Gasteiger partial charge in [-0.3, -0.25) is 9.67 Å². The first-order valence-electron chi connectivity index (χ1n) is 8.96. The van der Waals surface area contributed by atoms with Crippen LogP contribution in [0.4, 0.5) is 4.39 Å². The van der Waals surface area contributed by atoms with E-state index in [0.717, 1.165) is 33.6 Å². The molecule has 4 aromatic rings. The fraction of sp³-hybridized carbons (Fsp3) is 0.174. The Kier molecular flexibility index (Phi) is 4.01. The predicted octanol–water partition coefficient (Wildman–Crippen LogP) is 5.14. The minimum atomic E-state index is -0.316. The Labute approximate surface area is 162 Å². The number of nitrogens with zero attached hydrogens (tertiary/aromatic N) is 2. The standard InChI is InChI=1S/C23H20FN3O/c1-5-14-6-12-17(13-7-14)27-20(15-8-10-16(24)11-9-15)18-19(22(27)28)25-26-21(18)23(2,3)4/h1,6-13,25,28H,2-4H3. The van der Waals surface area contributed by atoms with Crippen LogP contribution in [0.5, 0.6) is 5.88 Å². The van der Waals surface area contributed by atoms with Crippen LogP contribution in [0.15, 0.2) is 48.5 Å². The van der Waals surface area contributed by atoms with E-state index in [1.807, 2.05) is 24.3 Å². The summed E-state index contributed by atoms with van der Waals surface area (Å²) in [4.78, 5) is 0. The third-order valence-corrected chi connectivity index (χ3v) is 4.78. The van der Waals surface area contributed by atoms with Crippen molar-refractivity contribution in [1.29, 1.82) is 0 Å². The van der Waals surface area contributed by atoms with Crippen molar-refractivity contribution in [3.63, 3.8) is 0 Å². The average molecular weight is 373 g/mol. The number of hydrogen-bond acceptors (Lipinski definition) is 2. The molecule has 0 amide bonds. The summed E-state index contributed by atoms with van der Waals surface area (Å²) < 4.78 is 15.3. The summed E-state index contributed by atoms with van der Waals surface area (Å²) in [6.45, 7) is 6.19. The highest BCUT2D eigenvalue weighted by atomic mass is 19.1. The number of benzene rings is 2. The highest BCUT2D eigenvalue weighted by Crippen LogP contribution is 2.43. The molecule has 4 nitrogen and oxygen atoms in total. The van der Waals surface area contributed by atoms with Gasteiger partial charge >= 0.3 is 0 Å². The molecule has 0 aliphatic heterocycles. The number of aromatic hydroxyl groups is 1. The van der Waals surface area contributed by atoms with Crippen LogP contribution in [0.1, 0.15) is 32.0 Å². The summed E-state index contributed by atoms with van der Waals surface area (Å²) in [7, 11) is 0. The molecule has 2 aromatic carbocycles. The fourth-order valence-corrected chi connectivity index (χ4v) is 3.45. The van der Waals surface area contributed by atoms with E-state index < -0.39 is 0 Å². The van der Waals surface area contributed by atoms with Crippen LogP contribution < -0.4 is 0 Å². The molecule has 0 spiro atoms. The maximum atomic E-state index is 13.5. The maximum absolute atomic E-state index is 13.5. The van der Waals surface area contributed by atoms with Crippen LogP contribution in [0.2, 0.25) is 0 Å². The molecule has 2 aromatic heterocycles. The van der Waals surface area contributed by atoms with Crippen LogP contribution in [0, 0.1) is 18.2 Å². The number of rotatable bonds is 2. The second-order valence-electron chi connectivity index (χ2n) is 7.78. The Morgan fingerprint density at radius 2 is 1.71 bits per heavy atom. The Hall–Kier alpha value is -3.52. The van der Waals surface area contributed by atoms with Crippen molar-refractivity contribution in [3.05, 3.63) is 65.6 Å². The first-order chi connectivity index (χ1) is 13.3. The summed E-state index contributed by atoms with van der Waals surface area (Å²) in [5, 5.41) is 19.3. The molecule has 0 atom stereocenters.